The van der Waals surface area contributed by atoms with Crippen LogP contribution in [0.1, 0.15) is 5.01 Å². The Morgan fingerprint density at radius 1 is 1.19 bits per heavy atom. The molecular formula is C13H17FN6S. The number of nitrogens with zero attached hydrogens (tertiary/aromatic N) is 4. The molecule has 1 aliphatic rings. The van der Waals surface area contributed by atoms with Crippen LogP contribution in [0, 0.1) is 5.82 Å². The first-order valence-electron chi connectivity index (χ1n) is 6.77. The predicted octanol–water partition coefficient (Wildman–Crippen LogP) is 1.29. The molecule has 112 valence electrons. The summed E-state index contributed by atoms with van der Waals surface area (Å²) in [4.78, 5) is 4.37. The van der Waals surface area contributed by atoms with Crippen molar-refractivity contribution < 1.29 is 4.39 Å². The lowest BCUT2D eigenvalue weighted by molar-refractivity contribution is 0.248. The Balaban J connectivity index is 1.56. The molecule has 0 amide bonds. The van der Waals surface area contributed by atoms with Gasteiger partial charge in [0, 0.05) is 26.2 Å². The second-order valence-electron chi connectivity index (χ2n) is 4.86. The zero-order chi connectivity index (χ0) is 14.7. The molecule has 0 unspecified atom stereocenters. The van der Waals surface area contributed by atoms with Crippen molar-refractivity contribution in [1.29, 1.82) is 0 Å². The van der Waals surface area contributed by atoms with E-state index >= 15 is 0 Å². The summed E-state index contributed by atoms with van der Waals surface area (Å²) in [6.45, 7) is 4.12. The first kappa shape index (κ1) is 14.2. The molecular weight excluding hydrogens is 291 g/mol. The fraction of sp³-hybridized carbons (Fsp3) is 0.385. The van der Waals surface area contributed by atoms with Gasteiger partial charge in [-0.25, -0.2) is 10.2 Å². The molecule has 2 heterocycles. The van der Waals surface area contributed by atoms with Gasteiger partial charge in [-0.3, -0.25) is 10.3 Å². The van der Waals surface area contributed by atoms with Crippen molar-refractivity contribution in [2.24, 2.45) is 5.84 Å². The van der Waals surface area contributed by atoms with E-state index in [1.54, 1.807) is 6.07 Å². The average Bonchev–Trinajstić information content (AvgIpc) is 2.96. The van der Waals surface area contributed by atoms with Gasteiger partial charge in [0.15, 0.2) is 0 Å². The third-order valence-corrected chi connectivity index (χ3v) is 4.35. The topological polar surface area (TPSA) is 70.3 Å². The first-order chi connectivity index (χ1) is 10.3. The maximum Gasteiger partial charge on any atom is 0.219 e. The van der Waals surface area contributed by atoms with Gasteiger partial charge in [-0.15, -0.1) is 10.2 Å². The van der Waals surface area contributed by atoms with E-state index in [-0.39, 0.29) is 5.82 Å². The van der Waals surface area contributed by atoms with Crippen molar-refractivity contribution in [2.45, 2.75) is 6.54 Å². The van der Waals surface area contributed by atoms with Crippen LogP contribution in [0.4, 0.5) is 15.2 Å². The molecule has 0 saturated carbocycles. The fourth-order valence-corrected chi connectivity index (χ4v) is 3.11. The van der Waals surface area contributed by atoms with Crippen molar-refractivity contribution >= 4 is 22.2 Å². The lowest BCUT2D eigenvalue weighted by Crippen LogP contribution is -2.46. The molecule has 1 saturated heterocycles. The molecule has 0 bridgehead atoms. The number of halogens is 1. The zero-order valence-electron chi connectivity index (χ0n) is 11.5. The van der Waals surface area contributed by atoms with Crippen molar-refractivity contribution in [2.75, 3.05) is 36.5 Å². The largest absolute Gasteiger partial charge is 0.367 e. The van der Waals surface area contributed by atoms with Gasteiger partial charge in [-0.1, -0.05) is 23.5 Å². The standard InChI is InChI=1S/C13H17FN6S/c14-10-3-1-2-4-11(10)20-7-5-19(6-8-20)9-12-17-18-13(16-15)21-12/h1-4H,5-9,15H2,(H,16,18). The van der Waals surface area contributed by atoms with E-state index in [9.17, 15) is 4.39 Å². The van der Waals surface area contributed by atoms with Gasteiger partial charge in [0.05, 0.1) is 12.2 Å². The molecule has 1 aromatic heterocycles. The molecule has 1 fully saturated rings. The highest BCUT2D eigenvalue weighted by molar-refractivity contribution is 7.15. The number of aromatic nitrogens is 2. The third-order valence-electron chi connectivity index (χ3n) is 3.51. The summed E-state index contributed by atoms with van der Waals surface area (Å²) in [5.41, 5.74) is 3.18. The third kappa shape index (κ3) is 3.29. The summed E-state index contributed by atoms with van der Waals surface area (Å²) >= 11 is 1.45. The minimum absolute atomic E-state index is 0.159. The summed E-state index contributed by atoms with van der Waals surface area (Å²) in [5, 5.41) is 9.56. The maximum atomic E-state index is 13.8. The van der Waals surface area contributed by atoms with Crippen LogP contribution in [0.25, 0.3) is 0 Å². The van der Waals surface area contributed by atoms with Crippen molar-refractivity contribution in [1.82, 2.24) is 15.1 Å². The predicted molar refractivity (Wildman–Crippen MR) is 81.6 cm³/mol. The molecule has 0 spiro atoms. The molecule has 0 aliphatic carbocycles. The molecule has 0 radical (unpaired) electrons. The number of hydrogen-bond donors (Lipinski definition) is 2. The molecule has 21 heavy (non-hydrogen) atoms. The summed E-state index contributed by atoms with van der Waals surface area (Å²) < 4.78 is 13.8. The van der Waals surface area contributed by atoms with E-state index in [2.05, 4.69) is 25.4 Å². The normalized spacial score (nSPS) is 16.2. The van der Waals surface area contributed by atoms with Crippen LogP contribution in [-0.4, -0.2) is 41.3 Å². The number of hydrogen-bond acceptors (Lipinski definition) is 7. The van der Waals surface area contributed by atoms with Gasteiger partial charge in [0.1, 0.15) is 10.8 Å². The number of nitrogens with two attached hydrogens (primary N) is 1. The van der Waals surface area contributed by atoms with Crippen LogP contribution in [0.2, 0.25) is 0 Å². The molecule has 8 heteroatoms. The van der Waals surface area contributed by atoms with E-state index in [0.717, 1.165) is 37.7 Å². The van der Waals surface area contributed by atoms with Crippen LogP contribution in [0.3, 0.4) is 0 Å². The fourth-order valence-electron chi connectivity index (χ4n) is 2.42. The van der Waals surface area contributed by atoms with Gasteiger partial charge < -0.3 is 4.90 Å². The van der Waals surface area contributed by atoms with Crippen molar-refractivity contribution in [3.05, 3.63) is 35.1 Å². The summed E-state index contributed by atoms with van der Waals surface area (Å²) in [6.07, 6.45) is 0. The molecule has 2 aromatic rings. The molecule has 1 aromatic carbocycles. The number of hydrazine groups is 1. The number of para-hydroxylation sites is 1. The first-order valence-corrected chi connectivity index (χ1v) is 7.59. The van der Waals surface area contributed by atoms with Crippen molar-refractivity contribution in [3.63, 3.8) is 0 Å². The molecule has 6 nitrogen and oxygen atoms in total. The minimum atomic E-state index is -0.159. The van der Waals surface area contributed by atoms with Gasteiger partial charge in [0.25, 0.3) is 0 Å². The molecule has 3 rings (SSSR count). The van der Waals surface area contributed by atoms with E-state index < -0.39 is 0 Å². The van der Waals surface area contributed by atoms with Crippen LogP contribution in [0.5, 0.6) is 0 Å². The molecule has 3 N–H and O–H groups in total. The van der Waals surface area contributed by atoms with Gasteiger partial charge >= 0.3 is 0 Å². The number of nitrogen functional groups attached to an aromatic ring is 1. The average molecular weight is 308 g/mol. The zero-order valence-corrected chi connectivity index (χ0v) is 12.3. The number of rotatable bonds is 4. The number of nitrogens with one attached hydrogen (secondary N) is 1. The smallest absolute Gasteiger partial charge is 0.219 e. The van der Waals surface area contributed by atoms with Gasteiger partial charge in [0.2, 0.25) is 5.13 Å². The summed E-state index contributed by atoms with van der Waals surface area (Å²) in [6, 6.07) is 6.92. The van der Waals surface area contributed by atoms with E-state index in [1.165, 1.54) is 17.4 Å². The summed E-state index contributed by atoms with van der Waals surface area (Å²) in [7, 11) is 0. The Kier molecular flexibility index (Phi) is 4.28. The monoisotopic (exact) mass is 308 g/mol. The Morgan fingerprint density at radius 3 is 2.62 bits per heavy atom. The SMILES string of the molecule is NNc1nnc(CN2CCN(c3ccccc3F)CC2)s1. The second-order valence-corrected chi connectivity index (χ2v) is 5.92. The molecule has 1 aliphatic heterocycles. The summed E-state index contributed by atoms with van der Waals surface area (Å²) in [5.74, 6) is 5.14. The minimum Gasteiger partial charge on any atom is -0.367 e. The Labute approximate surface area is 126 Å². The number of piperazine rings is 1. The highest BCUT2D eigenvalue weighted by atomic mass is 32.1. The Bertz CT molecular complexity index is 596. The van der Waals surface area contributed by atoms with Gasteiger partial charge in [-0.2, -0.15) is 0 Å². The van der Waals surface area contributed by atoms with E-state index in [0.29, 0.717) is 10.8 Å². The van der Waals surface area contributed by atoms with Crippen LogP contribution in [0.15, 0.2) is 24.3 Å². The second kappa shape index (κ2) is 6.33. The Morgan fingerprint density at radius 2 is 1.95 bits per heavy atom. The highest BCUT2D eigenvalue weighted by Gasteiger charge is 2.20. The maximum absolute atomic E-state index is 13.8. The van der Waals surface area contributed by atoms with E-state index in [4.69, 9.17) is 5.84 Å². The van der Waals surface area contributed by atoms with E-state index in [1.807, 2.05) is 12.1 Å². The van der Waals surface area contributed by atoms with Crippen LogP contribution < -0.4 is 16.2 Å². The van der Waals surface area contributed by atoms with Crippen molar-refractivity contribution in [3.8, 4) is 0 Å². The molecule has 0 atom stereocenters. The quantitative estimate of drug-likeness (QED) is 0.655. The van der Waals surface area contributed by atoms with Crippen LogP contribution in [-0.2, 0) is 6.54 Å². The lowest BCUT2D eigenvalue weighted by Gasteiger charge is -2.35. The number of anilines is 2. The Hall–Kier alpha value is -1.77. The van der Waals surface area contributed by atoms with Crippen LogP contribution >= 0.6 is 11.3 Å². The highest BCUT2D eigenvalue weighted by Crippen LogP contribution is 2.21. The lowest BCUT2D eigenvalue weighted by atomic mass is 10.2. The number of benzene rings is 1. The van der Waals surface area contributed by atoms with Gasteiger partial charge in [-0.05, 0) is 12.1 Å².